The van der Waals surface area contributed by atoms with Crippen LogP contribution in [0.25, 0.3) is 0 Å². The molecule has 0 radical (unpaired) electrons. The highest BCUT2D eigenvalue weighted by atomic mass is 32.2. The summed E-state index contributed by atoms with van der Waals surface area (Å²) in [7, 11) is -0.781. The van der Waals surface area contributed by atoms with Gasteiger partial charge in [-0.15, -0.1) is 0 Å². The molecule has 0 heterocycles. The molecule has 0 aliphatic carbocycles. The number of rotatable bonds is 9. The third kappa shape index (κ3) is 5.70. The fourth-order valence-corrected chi connectivity index (χ4v) is 4.85. The number of sulfonamides is 1. The van der Waals surface area contributed by atoms with Crippen molar-refractivity contribution in [3.05, 3.63) is 53.1 Å². The van der Waals surface area contributed by atoms with E-state index in [1.54, 1.807) is 25.1 Å². The van der Waals surface area contributed by atoms with Crippen LogP contribution in [0.3, 0.4) is 0 Å². The Kier molecular flexibility index (Phi) is 7.95. The summed E-state index contributed by atoms with van der Waals surface area (Å²) < 4.78 is 36.9. The Morgan fingerprint density at radius 1 is 1.06 bits per heavy atom. The van der Waals surface area contributed by atoms with E-state index in [2.05, 4.69) is 11.4 Å². The molecular weight excluding hydrogens is 416 g/mol. The number of nitrogens with zero attached hydrogens (tertiary/aromatic N) is 1. The molecule has 0 unspecified atom stereocenters. The molecule has 0 bridgehead atoms. The van der Waals surface area contributed by atoms with Crippen molar-refractivity contribution in [3.8, 4) is 11.5 Å². The summed E-state index contributed by atoms with van der Waals surface area (Å²) in [5.74, 6) is 0.465. The maximum absolute atomic E-state index is 13.1. The molecule has 8 heteroatoms. The minimum Gasteiger partial charge on any atom is -0.493 e. The molecule has 0 aromatic heterocycles. The number of carbonyl (C=O) groups excluding carboxylic acids is 1. The van der Waals surface area contributed by atoms with Gasteiger partial charge in [0.1, 0.15) is 6.04 Å². The lowest BCUT2D eigenvalue weighted by Gasteiger charge is -2.30. The quantitative estimate of drug-likeness (QED) is 0.632. The molecule has 0 aliphatic rings. The first kappa shape index (κ1) is 24.5. The van der Waals surface area contributed by atoms with Crippen LogP contribution in [-0.4, -0.2) is 40.8 Å². The van der Waals surface area contributed by atoms with Crippen molar-refractivity contribution < 1.29 is 22.7 Å². The van der Waals surface area contributed by atoms with Gasteiger partial charge in [-0.2, -0.15) is 0 Å². The van der Waals surface area contributed by atoms with Gasteiger partial charge in [0.25, 0.3) is 0 Å². The normalized spacial score (nSPS) is 13.3. The van der Waals surface area contributed by atoms with E-state index in [1.807, 2.05) is 32.9 Å². The van der Waals surface area contributed by atoms with E-state index in [4.69, 9.17) is 9.47 Å². The second kappa shape index (κ2) is 10.0. The monoisotopic (exact) mass is 448 g/mol. The molecule has 1 N–H and O–H groups in total. The molecule has 0 aliphatic heterocycles. The Morgan fingerprint density at radius 2 is 1.71 bits per heavy atom. The predicted molar refractivity (Wildman–Crippen MR) is 123 cm³/mol. The van der Waals surface area contributed by atoms with E-state index in [0.717, 1.165) is 27.3 Å². The summed E-state index contributed by atoms with van der Waals surface area (Å²) in [6.07, 6.45) is 1.76. The third-order valence-electron chi connectivity index (χ3n) is 5.24. The number of nitrogens with one attached hydrogen (secondary N) is 1. The number of aryl methyl sites for hydroxylation is 2. The van der Waals surface area contributed by atoms with Crippen molar-refractivity contribution in [1.82, 2.24) is 5.32 Å². The molecule has 0 fully saturated rings. The average Bonchev–Trinajstić information content (AvgIpc) is 2.71. The second-order valence-electron chi connectivity index (χ2n) is 7.60. The van der Waals surface area contributed by atoms with Crippen LogP contribution in [0.4, 0.5) is 5.69 Å². The smallest absolute Gasteiger partial charge is 0.244 e. The first-order chi connectivity index (χ1) is 14.5. The molecule has 31 heavy (non-hydrogen) atoms. The molecule has 1 amide bonds. The number of amides is 1. The SMILES string of the molecule is CC[C@H](NC(=O)[C@@H](C)N(c1ccc(OC)c(OC)c1)S(C)(=O)=O)c1ccc(C)cc1C. The van der Waals surface area contributed by atoms with E-state index in [9.17, 15) is 13.2 Å². The minimum atomic E-state index is -3.75. The van der Waals surface area contributed by atoms with Gasteiger partial charge in [-0.1, -0.05) is 30.7 Å². The molecule has 7 nitrogen and oxygen atoms in total. The number of anilines is 1. The number of benzene rings is 2. The summed E-state index contributed by atoms with van der Waals surface area (Å²) in [5, 5.41) is 3.02. The van der Waals surface area contributed by atoms with E-state index in [-0.39, 0.29) is 11.9 Å². The summed E-state index contributed by atoms with van der Waals surface area (Å²) in [5.41, 5.74) is 3.57. The number of carbonyl (C=O) groups is 1. The number of methoxy groups -OCH3 is 2. The molecule has 0 saturated carbocycles. The Morgan fingerprint density at radius 3 is 2.23 bits per heavy atom. The maximum Gasteiger partial charge on any atom is 0.244 e. The van der Waals surface area contributed by atoms with E-state index < -0.39 is 16.1 Å². The highest BCUT2D eigenvalue weighted by Gasteiger charge is 2.31. The third-order valence-corrected chi connectivity index (χ3v) is 6.48. The van der Waals surface area contributed by atoms with Gasteiger partial charge >= 0.3 is 0 Å². The lowest BCUT2D eigenvalue weighted by molar-refractivity contribution is -0.122. The van der Waals surface area contributed by atoms with Crippen molar-refractivity contribution in [2.24, 2.45) is 0 Å². The zero-order chi connectivity index (χ0) is 23.3. The van der Waals surface area contributed by atoms with Gasteiger partial charge in [0.15, 0.2) is 11.5 Å². The fraction of sp³-hybridized carbons (Fsp3) is 0.435. The van der Waals surface area contributed by atoms with E-state index in [0.29, 0.717) is 23.6 Å². The van der Waals surface area contributed by atoms with Crippen molar-refractivity contribution in [1.29, 1.82) is 0 Å². The summed E-state index contributed by atoms with van der Waals surface area (Å²) in [4.78, 5) is 13.1. The van der Waals surface area contributed by atoms with Crippen molar-refractivity contribution in [2.45, 2.75) is 46.2 Å². The summed E-state index contributed by atoms with van der Waals surface area (Å²) in [6.45, 7) is 7.58. The van der Waals surface area contributed by atoms with Crippen molar-refractivity contribution in [2.75, 3.05) is 24.8 Å². The lowest BCUT2D eigenvalue weighted by atomic mass is 9.97. The molecule has 2 atom stereocenters. The first-order valence-electron chi connectivity index (χ1n) is 10.1. The van der Waals surface area contributed by atoms with E-state index in [1.165, 1.54) is 14.2 Å². The zero-order valence-electron chi connectivity index (χ0n) is 19.2. The molecule has 170 valence electrons. The topological polar surface area (TPSA) is 84.9 Å². The fourth-order valence-electron chi connectivity index (χ4n) is 3.68. The van der Waals surface area contributed by atoms with Crippen LogP contribution in [0.1, 0.15) is 43.0 Å². The van der Waals surface area contributed by atoms with Gasteiger partial charge in [-0.05, 0) is 50.5 Å². The second-order valence-corrected chi connectivity index (χ2v) is 9.46. The highest BCUT2D eigenvalue weighted by Crippen LogP contribution is 2.33. The molecule has 0 spiro atoms. The van der Waals surface area contributed by atoms with Gasteiger partial charge in [0.05, 0.1) is 32.2 Å². The van der Waals surface area contributed by atoms with Crippen molar-refractivity contribution in [3.63, 3.8) is 0 Å². The summed E-state index contributed by atoms with van der Waals surface area (Å²) in [6, 6.07) is 9.65. The van der Waals surface area contributed by atoms with Crippen LogP contribution < -0.4 is 19.1 Å². The Hall–Kier alpha value is -2.74. The molecule has 2 aromatic carbocycles. The Balaban J connectivity index is 2.37. The van der Waals surface area contributed by atoms with Gasteiger partial charge in [-0.25, -0.2) is 8.42 Å². The van der Waals surface area contributed by atoms with Crippen LogP contribution in [-0.2, 0) is 14.8 Å². The van der Waals surface area contributed by atoms with Crippen molar-refractivity contribution >= 4 is 21.6 Å². The average molecular weight is 449 g/mol. The minimum absolute atomic E-state index is 0.220. The van der Waals surface area contributed by atoms with Crippen LogP contribution in [0.5, 0.6) is 11.5 Å². The highest BCUT2D eigenvalue weighted by molar-refractivity contribution is 7.92. The molecular formula is C23H32N2O5S. The largest absolute Gasteiger partial charge is 0.493 e. The van der Waals surface area contributed by atoms with Crippen LogP contribution >= 0.6 is 0 Å². The van der Waals surface area contributed by atoms with Crippen LogP contribution in [0, 0.1) is 13.8 Å². The first-order valence-corrected chi connectivity index (χ1v) is 12.0. The Bertz CT molecular complexity index is 1040. The summed E-state index contributed by atoms with van der Waals surface area (Å²) >= 11 is 0. The molecule has 2 aromatic rings. The van der Waals surface area contributed by atoms with Gasteiger partial charge in [0.2, 0.25) is 15.9 Å². The van der Waals surface area contributed by atoms with Crippen LogP contribution in [0.15, 0.2) is 36.4 Å². The lowest BCUT2D eigenvalue weighted by Crippen LogP contribution is -2.48. The number of ether oxygens (including phenoxy) is 2. The van der Waals surface area contributed by atoms with Gasteiger partial charge in [-0.3, -0.25) is 9.10 Å². The predicted octanol–water partition coefficient (Wildman–Crippen LogP) is 3.74. The number of hydrogen-bond acceptors (Lipinski definition) is 5. The molecule has 0 saturated heterocycles. The van der Waals surface area contributed by atoms with E-state index >= 15 is 0 Å². The molecule has 2 rings (SSSR count). The zero-order valence-corrected chi connectivity index (χ0v) is 20.0. The Labute approximate surface area is 185 Å². The van der Waals surface area contributed by atoms with Gasteiger partial charge < -0.3 is 14.8 Å². The number of hydrogen-bond donors (Lipinski definition) is 1. The maximum atomic E-state index is 13.1. The van der Waals surface area contributed by atoms with Gasteiger partial charge in [0, 0.05) is 6.07 Å². The van der Waals surface area contributed by atoms with Crippen LogP contribution in [0.2, 0.25) is 0 Å². The standard InChI is InChI=1S/C23H32N2O5S/c1-8-20(19-11-9-15(2)13-16(19)3)24-23(26)17(4)25(31(7,27)28)18-10-12-21(29-5)22(14-18)30-6/h9-14,17,20H,8H2,1-7H3,(H,24,26)/t17-,20+/m1/s1.